The fourth-order valence-corrected chi connectivity index (χ4v) is 4.85. The summed E-state index contributed by atoms with van der Waals surface area (Å²) < 4.78 is 40.8. The van der Waals surface area contributed by atoms with Gasteiger partial charge in [-0.1, -0.05) is 25.4 Å². The van der Waals surface area contributed by atoms with E-state index in [-0.39, 0.29) is 45.3 Å². The second-order valence-corrected chi connectivity index (χ2v) is 8.38. The SMILES string of the molecule is CCN(CC)S(=O)(=O)c1cc(NC(=O)c2cc(F)cc3nccnc23)ccc1Cl. The zero-order valence-corrected chi connectivity index (χ0v) is 17.3. The molecule has 7 nitrogen and oxygen atoms in total. The maximum Gasteiger partial charge on any atom is 0.258 e. The maximum absolute atomic E-state index is 13.9. The smallest absolute Gasteiger partial charge is 0.258 e. The average Bonchev–Trinajstić information content (AvgIpc) is 2.69. The van der Waals surface area contributed by atoms with Gasteiger partial charge in [0, 0.05) is 37.2 Å². The van der Waals surface area contributed by atoms with Gasteiger partial charge < -0.3 is 5.32 Å². The van der Waals surface area contributed by atoms with E-state index >= 15 is 0 Å². The van der Waals surface area contributed by atoms with Gasteiger partial charge in [-0.15, -0.1) is 0 Å². The number of hydrogen-bond donors (Lipinski definition) is 1. The van der Waals surface area contributed by atoms with Gasteiger partial charge in [0.1, 0.15) is 16.2 Å². The van der Waals surface area contributed by atoms with Gasteiger partial charge in [-0.05, 0) is 24.3 Å². The average molecular weight is 437 g/mol. The van der Waals surface area contributed by atoms with Gasteiger partial charge in [0.05, 0.1) is 16.1 Å². The van der Waals surface area contributed by atoms with E-state index < -0.39 is 21.7 Å². The van der Waals surface area contributed by atoms with Crippen LogP contribution in [0.25, 0.3) is 11.0 Å². The van der Waals surface area contributed by atoms with Crippen molar-refractivity contribution in [3.63, 3.8) is 0 Å². The highest BCUT2D eigenvalue weighted by Gasteiger charge is 2.25. The van der Waals surface area contributed by atoms with Crippen molar-refractivity contribution in [1.29, 1.82) is 0 Å². The fourth-order valence-electron chi connectivity index (χ4n) is 2.89. The number of anilines is 1. The number of aromatic nitrogens is 2. The van der Waals surface area contributed by atoms with Crippen molar-refractivity contribution in [1.82, 2.24) is 14.3 Å². The minimum atomic E-state index is -3.83. The Morgan fingerprint density at radius 2 is 1.83 bits per heavy atom. The van der Waals surface area contributed by atoms with Crippen LogP contribution >= 0.6 is 11.6 Å². The topological polar surface area (TPSA) is 92.3 Å². The molecule has 0 fully saturated rings. The molecule has 1 heterocycles. The van der Waals surface area contributed by atoms with E-state index in [9.17, 15) is 17.6 Å². The van der Waals surface area contributed by atoms with Gasteiger partial charge in [0.2, 0.25) is 10.0 Å². The zero-order valence-electron chi connectivity index (χ0n) is 15.7. The Morgan fingerprint density at radius 3 is 2.52 bits per heavy atom. The van der Waals surface area contributed by atoms with Crippen molar-refractivity contribution < 1.29 is 17.6 Å². The van der Waals surface area contributed by atoms with E-state index in [1.807, 2.05) is 0 Å². The van der Waals surface area contributed by atoms with Crippen LogP contribution in [0, 0.1) is 5.82 Å². The summed E-state index contributed by atoms with van der Waals surface area (Å²) in [5.41, 5.74) is 0.650. The van der Waals surface area contributed by atoms with E-state index in [0.29, 0.717) is 0 Å². The highest BCUT2D eigenvalue weighted by molar-refractivity contribution is 7.89. The number of hydrogen-bond acceptors (Lipinski definition) is 5. The summed E-state index contributed by atoms with van der Waals surface area (Å²) in [7, 11) is -3.83. The van der Waals surface area contributed by atoms with E-state index in [1.165, 1.54) is 41.0 Å². The number of nitrogens with zero attached hydrogens (tertiary/aromatic N) is 3. The van der Waals surface area contributed by atoms with Crippen LogP contribution in [0.4, 0.5) is 10.1 Å². The van der Waals surface area contributed by atoms with Crippen LogP contribution in [0.5, 0.6) is 0 Å². The standard InChI is InChI=1S/C19H18ClFN4O3S/c1-3-25(4-2)29(27,28)17-11-13(5-6-15(17)20)24-19(26)14-9-12(21)10-16-18(14)23-8-7-22-16/h5-11H,3-4H2,1-2H3,(H,24,26). The number of sulfonamides is 1. The third-order valence-corrected chi connectivity index (χ3v) is 6.83. The maximum atomic E-state index is 13.9. The molecule has 2 aromatic carbocycles. The Bertz CT molecular complexity index is 1180. The first-order chi connectivity index (χ1) is 13.8. The predicted octanol–water partition coefficient (Wildman–Crippen LogP) is 3.71. The summed E-state index contributed by atoms with van der Waals surface area (Å²) in [5, 5.41) is 2.62. The van der Waals surface area contributed by atoms with Crippen LogP contribution in [-0.2, 0) is 10.0 Å². The highest BCUT2D eigenvalue weighted by Crippen LogP contribution is 2.28. The van der Waals surface area contributed by atoms with Crippen molar-refractivity contribution in [3.8, 4) is 0 Å². The predicted molar refractivity (Wildman–Crippen MR) is 109 cm³/mol. The number of nitrogens with one attached hydrogen (secondary N) is 1. The molecule has 152 valence electrons. The van der Waals surface area contributed by atoms with E-state index in [4.69, 9.17) is 11.6 Å². The Balaban J connectivity index is 1.99. The summed E-state index contributed by atoms with van der Waals surface area (Å²) >= 11 is 6.10. The minimum Gasteiger partial charge on any atom is -0.322 e. The molecule has 29 heavy (non-hydrogen) atoms. The molecule has 0 bridgehead atoms. The lowest BCUT2D eigenvalue weighted by atomic mass is 10.1. The van der Waals surface area contributed by atoms with Crippen LogP contribution in [-0.4, -0.2) is 41.7 Å². The molecule has 0 spiro atoms. The second-order valence-electron chi connectivity index (χ2n) is 6.07. The Hall–Kier alpha value is -2.62. The summed E-state index contributed by atoms with van der Waals surface area (Å²) in [6.07, 6.45) is 2.79. The van der Waals surface area contributed by atoms with Crippen LogP contribution in [0.1, 0.15) is 24.2 Å². The van der Waals surface area contributed by atoms with Gasteiger partial charge in [0.25, 0.3) is 5.91 Å². The van der Waals surface area contributed by atoms with Crippen LogP contribution in [0.3, 0.4) is 0 Å². The summed E-state index contributed by atoms with van der Waals surface area (Å²) in [5.74, 6) is -1.28. The van der Waals surface area contributed by atoms with Crippen molar-refractivity contribution in [2.45, 2.75) is 18.7 Å². The first-order valence-corrected chi connectivity index (χ1v) is 10.6. The fraction of sp³-hybridized carbons (Fsp3) is 0.211. The van der Waals surface area contributed by atoms with Gasteiger partial charge in [0.15, 0.2) is 0 Å². The Morgan fingerprint density at radius 1 is 1.14 bits per heavy atom. The lowest BCUT2D eigenvalue weighted by Gasteiger charge is -2.19. The number of halogens is 2. The molecule has 0 saturated heterocycles. The molecule has 1 N–H and O–H groups in total. The summed E-state index contributed by atoms with van der Waals surface area (Å²) in [4.78, 5) is 20.7. The number of carbonyl (C=O) groups excluding carboxylic acids is 1. The lowest BCUT2D eigenvalue weighted by Crippen LogP contribution is -2.30. The van der Waals surface area contributed by atoms with Crippen molar-refractivity contribution in [2.24, 2.45) is 0 Å². The molecule has 0 saturated carbocycles. The van der Waals surface area contributed by atoms with Gasteiger partial charge >= 0.3 is 0 Å². The second kappa shape index (κ2) is 8.40. The number of rotatable bonds is 6. The first-order valence-electron chi connectivity index (χ1n) is 8.79. The first kappa shape index (κ1) is 21.1. The van der Waals surface area contributed by atoms with Gasteiger partial charge in [-0.2, -0.15) is 4.31 Å². The van der Waals surface area contributed by atoms with Crippen molar-refractivity contribution in [3.05, 3.63) is 59.1 Å². The van der Waals surface area contributed by atoms with Gasteiger partial charge in [-0.3, -0.25) is 14.8 Å². The van der Waals surface area contributed by atoms with Crippen LogP contribution in [0.15, 0.2) is 47.6 Å². The molecule has 1 aromatic heterocycles. The monoisotopic (exact) mass is 436 g/mol. The number of carbonyl (C=O) groups is 1. The number of benzene rings is 2. The molecule has 0 radical (unpaired) electrons. The Kier molecular flexibility index (Phi) is 6.11. The van der Waals surface area contributed by atoms with E-state index in [0.717, 1.165) is 6.07 Å². The third-order valence-electron chi connectivity index (χ3n) is 4.30. The molecule has 0 unspecified atom stereocenters. The van der Waals surface area contributed by atoms with Crippen LogP contribution in [0.2, 0.25) is 5.02 Å². The molecular formula is C19H18ClFN4O3S. The molecule has 3 rings (SSSR count). The van der Waals surface area contributed by atoms with E-state index in [2.05, 4.69) is 15.3 Å². The van der Waals surface area contributed by atoms with E-state index in [1.54, 1.807) is 13.8 Å². The number of fused-ring (bicyclic) bond motifs is 1. The molecule has 0 aliphatic carbocycles. The molecule has 0 aliphatic heterocycles. The molecule has 0 aliphatic rings. The third kappa shape index (κ3) is 4.21. The lowest BCUT2D eigenvalue weighted by molar-refractivity contribution is 0.102. The number of amides is 1. The summed E-state index contributed by atoms with van der Waals surface area (Å²) in [6, 6.07) is 6.36. The largest absolute Gasteiger partial charge is 0.322 e. The quantitative estimate of drug-likeness (QED) is 0.636. The van der Waals surface area contributed by atoms with Gasteiger partial charge in [-0.25, -0.2) is 12.8 Å². The van der Waals surface area contributed by atoms with Crippen LogP contribution < -0.4 is 5.32 Å². The molecular weight excluding hydrogens is 419 g/mol. The normalized spacial score (nSPS) is 11.8. The summed E-state index contributed by atoms with van der Waals surface area (Å²) in [6.45, 7) is 3.99. The van der Waals surface area contributed by atoms with Crippen molar-refractivity contribution in [2.75, 3.05) is 18.4 Å². The molecule has 0 atom stereocenters. The molecule has 1 amide bonds. The minimum absolute atomic E-state index is 0.0174. The zero-order chi connectivity index (χ0) is 21.2. The van der Waals surface area contributed by atoms with Crippen molar-refractivity contribution >= 4 is 44.3 Å². The highest BCUT2D eigenvalue weighted by atomic mass is 35.5. The molecule has 10 heteroatoms. The molecule has 3 aromatic rings. The Labute approximate surface area is 172 Å².